The molecule has 1 unspecified atom stereocenters. The lowest BCUT2D eigenvalue weighted by molar-refractivity contribution is -0.138. The van der Waals surface area contributed by atoms with Crippen LogP contribution in [0.3, 0.4) is 0 Å². The summed E-state index contributed by atoms with van der Waals surface area (Å²) in [4.78, 5) is 13.6. The first kappa shape index (κ1) is 31.7. The predicted octanol–water partition coefficient (Wildman–Crippen LogP) is 4.55. The summed E-state index contributed by atoms with van der Waals surface area (Å²) in [6.07, 6.45) is -4.64. The van der Waals surface area contributed by atoms with Gasteiger partial charge in [-0.3, -0.25) is 4.90 Å². The second-order valence-corrected chi connectivity index (χ2v) is 12.8. The van der Waals surface area contributed by atoms with Crippen molar-refractivity contribution >= 4 is 16.0 Å². The van der Waals surface area contributed by atoms with Crippen molar-refractivity contribution in [1.82, 2.24) is 28.7 Å². The average Bonchev–Trinajstić information content (AvgIpc) is 3.62. The van der Waals surface area contributed by atoms with Crippen molar-refractivity contribution in [2.75, 3.05) is 37.8 Å². The fraction of sp³-hybridized carbons (Fsp3) is 0.481. The van der Waals surface area contributed by atoms with Crippen LogP contribution in [-0.2, 0) is 28.9 Å². The molecule has 5 rings (SSSR count). The molecular weight excluding hydrogens is 614 g/mol. The van der Waals surface area contributed by atoms with Crippen molar-refractivity contribution < 1.29 is 34.8 Å². The minimum atomic E-state index is -4.88. The Morgan fingerprint density at radius 3 is 2.39 bits per heavy atom. The SMILES string of the molecule is CS(=O)(=O)N1CCC(Nc2ncc(C(F)(F)F)c(-c3cn(-c4cccc(CN5CCC(C#N)C5)c4C(F)(F)F)cn3)n2)CC1. The summed E-state index contributed by atoms with van der Waals surface area (Å²) < 4.78 is 111. The summed E-state index contributed by atoms with van der Waals surface area (Å²) in [5.74, 6) is -0.418. The van der Waals surface area contributed by atoms with Crippen LogP contribution in [0.5, 0.6) is 0 Å². The van der Waals surface area contributed by atoms with Gasteiger partial charge in [-0.25, -0.2) is 27.7 Å². The summed E-state index contributed by atoms with van der Waals surface area (Å²) >= 11 is 0. The molecule has 2 aliphatic heterocycles. The van der Waals surface area contributed by atoms with Crippen molar-refractivity contribution in [3.05, 3.63) is 53.6 Å². The van der Waals surface area contributed by atoms with E-state index in [9.17, 15) is 34.8 Å². The topological polar surface area (TPSA) is 120 Å². The molecule has 2 aliphatic rings. The highest BCUT2D eigenvalue weighted by Crippen LogP contribution is 2.39. The molecule has 44 heavy (non-hydrogen) atoms. The summed E-state index contributed by atoms with van der Waals surface area (Å²) in [6, 6.07) is 5.80. The number of alkyl halides is 6. The van der Waals surface area contributed by atoms with E-state index in [0.717, 1.165) is 23.3 Å². The van der Waals surface area contributed by atoms with E-state index in [1.165, 1.54) is 22.5 Å². The van der Waals surface area contributed by atoms with Crippen LogP contribution in [0.1, 0.15) is 36.0 Å². The van der Waals surface area contributed by atoms with Gasteiger partial charge < -0.3 is 9.88 Å². The average molecular weight is 643 g/mol. The Balaban J connectivity index is 1.46. The maximum absolute atomic E-state index is 14.4. The van der Waals surface area contributed by atoms with Gasteiger partial charge >= 0.3 is 12.4 Å². The zero-order valence-electron chi connectivity index (χ0n) is 23.4. The fourth-order valence-electron chi connectivity index (χ4n) is 5.53. The van der Waals surface area contributed by atoms with Crippen LogP contribution in [0.2, 0.25) is 0 Å². The Hall–Kier alpha value is -3.75. The van der Waals surface area contributed by atoms with Crippen LogP contribution in [0, 0.1) is 17.2 Å². The Morgan fingerprint density at radius 2 is 1.77 bits per heavy atom. The molecule has 1 N–H and O–H groups in total. The number of nitriles is 1. The largest absolute Gasteiger partial charge is 0.420 e. The Labute approximate surface area is 249 Å². The molecule has 4 heterocycles. The molecule has 3 aromatic rings. The number of anilines is 1. The second-order valence-electron chi connectivity index (χ2n) is 10.9. The summed E-state index contributed by atoms with van der Waals surface area (Å²) in [7, 11) is -3.38. The summed E-state index contributed by atoms with van der Waals surface area (Å²) in [6.45, 7) is 1.19. The molecule has 2 saturated heterocycles. The molecule has 0 amide bonds. The number of rotatable bonds is 7. The molecular formula is C27H28F6N8O2S. The zero-order chi connectivity index (χ0) is 31.9. The molecule has 2 fully saturated rings. The molecule has 0 aliphatic carbocycles. The summed E-state index contributed by atoms with van der Waals surface area (Å²) in [5.41, 5.74) is -3.45. The number of imidazole rings is 1. The number of piperidine rings is 1. The van der Waals surface area contributed by atoms with Gasteiger partial charge in [-0.2, -0.15) is 31.6 Å². The predicted molar refractivity (Wildman–Crippen MR) is 147 cm³/mol. The van der Waals surface area contributed by atoms with Gasteiger partial charge in [0.05, 0.1) is 35.8 Å². The van der Waals surface area contributed by atoms with Crippen LogP contribution < -0.4 is 5.32 Å². The van der Waals surface area contributed by atoms with E-state index in [2.05, 4.69) is 26.3 Å². The number of sulfonamides is 1. The quantitative estimate of drug-likeness (QED) is 0.373. The van der Waals surface area contributed by atoms with E-state index in [0.29, 0.717) is 38.5 Å². The third-order valence-corrected chi connectivity index (χ3v) is 9.02. The van der Waals surface area contributed by atoms with E-state index in [1.807, 2.05) is 0 Å². The van der Waals surface area contributed by atoms with Crippen molar-refractivity contribution in [3.8, 4) is 23.1 Å². The van der Waals surface area contributed by atoms with Crippen molar-refractivity contribution in [2.45, 2.75) is 44.2 Å². The minimum Gasteiger partial charge on any atom is -0.351 e. The fourth-order valence-corrected chi connectivity index (χ4v) is 6.40. The van der Waals surface area contributed by atoms with E-state index in [4.69, 9.17) is 5.26 Å². The Morgan fingerprint density at radius 1 is 1.05 bits per heavy atom. The van der Waals surface area contributed by atoms with Gasteiger partial charge in [0.25, 0.3) is 0 Å². The number of halogens is 6. The zero-order valence-corrected chi connectivity index (χ0v) is 24.2. The standard InChI is InChI=1S/C27H28F6N8O2S/c1-44(42,43)41-9-6-19(7-10-41)37-25-35-12-20(26(28,29)30)24(38-25)21-15-40(16-36-21)22-4-2-3-18(23(22)27(31,32)33)14-39-8-5-17(11-34)13-39/h2-4,12,15-17,19H,5-10,13-14H2,1H3,(H,35,37,38). The molecule has 2 aromatic heterocycles. The number of nitrogens with zero attached hydrogens (tertiary/aromatic N) is 7. The van der Waals surface area contributed by atoms with E-state index < -0.39 is 39.2 Å². The van der Waals surface area contributed by atoms with Gasteiger partial charge in [0.15, 0.2) is 0 Å². The molecule has 17 heteroatoms. The van der Waals surface area contributed by atoms with Gasteiger partial charge in [0.1, 0.15) is 17.0 Å². The van der Waals surface area contributed by atoms with Crippen molar-refractivity contribution in [1.29, 1.82) is 5.26 Å². The number of hydrogen-bond acceptors (Lipinski definition) is 8. The molecule has 1 aromatic carbocycles. The van der Waals surface area contributed by atoms with Crippen molar-refractivity contribution in [2.24, 2.45) is 5.92 Å². The lowest BCUT2D eigenvalue weighted by Gasteiger charge is -2.30. The minimum absolute atomic E-state index is 0.0322. The molecule has 0 radical (unpaired) electrons. The highest BCUT2D eigenvalue weighted by molar-refractivity contribution is 7.88. The number of aromatic nitrogens is 4. The smallest absolute Gasteiger partial charge is 0.351 e. The first-order valence-corrected chi connectivity index (χ1v) is 15.5. The van der Waals surface area contributed by atoms with Gasteiger partial charge in [0, 0.05) is 44.6 Å². The number of benzene rings is 1. The molecule has 0 saturated carbocycles. The maximum atomic E-state index is 14.4. The van der Waals surface area contributed by atoms with Crippen LogP contribution in [0.25, 0.3) is 17.1 Å². The van der Waals surface area contributed by atoms with Crippen LogP contribution in [0.15, 0.2) is 36.9 Å². The maximum Gasteiger partial charge on any atom is 0.420 e. The Bertz CT molecular complexity index is 1660. The van der Waals surface area contributed by atoms with Crippen LogP contribution in [-0.4, -0.2) is 75.6 Å². The first-order chi connectivity index (χ1) is 20.6. The number of nitrogens with one attached hydrogen (secondary N) is 1. The third kappa shape index (κ3) is 6.97. The third-order valence-electron chi connectivity index (χ3n) is 7.71. The number of hydrogen-bond donors (Lipinski definition) is 1. The summed E-state index contributed by atoms with van der Waals surface area (Å²) in [5, 5.41) is 12.1. The molecule has 10 nitrogen and oxygen atoms in total. The second kappa shape index (κ2) is 12.0. The first-order valence-electron chi connectivity index (χ1n) is 13.6. The molecule has 0 bridgehead atoms. The Kier molecular flexibility index (Phi) is 8.62. The van der Waals surface area contributed by atoms with Crippen molar-refractivity contribution in [3.63, 3.8) is 0 Å². The monoisotopic (exact) mass is 642 g/mol. The molecule has 236 valence electrons. The van der Waals surface area contributed by atoms with Gasteiger partial charge in [-0.1, -0.05) is 12.1 Å². The lowest BCUT2D eigenvalue weighted by Crippen LogP contribution is -2.42. The van der Waals surface area contributed by atoms with E-state index >= 15 is 0 Å². The van der Waals surface area contributed by atoms with Gasteiger partial charge in [-0.05, 0) is 37.4 Å². The highest BCUT2D eigenvalue weighted by Gasteiger charge is 2.39. The van der Waals surface area contributed by atoms with Crippen LogP contribution in [0.4, 0.5) is 32.3 Å². The highest BCUT2D eigenvalue weighted by atomic mass is 32.2. The van der Waals surface area contributed by atoms with Gasteiger partial charge in [0.2, 0.25) is 16.0 Å². The van der Waals surface area contributed by atoms with Gasteiger partial charge in [-0.15, -0.1) is 0 Å². The van der Waals surface area contributed by atoms with E-state index in [1.54, 1.807) is 4.90 Å². The molecule has 0 spiro atoms. The van der Waals surface area contributed by atoms with E-state index in [-0.39, 0.29) is 54.5 Å². The lowest BCUT2D eigenvalue weighted by atomic mass is 10.0. The molecule has 1 atom stereocenters. The van der Waals surface area contributed by atoms with Crippen LogP contribution >= 0.6 is 0 Å². The normalized spacial score (nSPS) is 19.3. The number of likely N-dealkylation sites (tertiary alicyclic amines) is 1.